The normalized spacial score (nSPS) is 15.0. The molecule has 0 aliphatic carbocycles. The van der Waals surface area contributed by atoms with Crippen LogP contribution in [0.15, 0.2) is 11.0 Å². The quantitative estimate of drug-likeness (QED) is 0.591. The highest BCUT2D eigenvalue weighted by molar-refractivity contribution is 8.23. The molecule has 1 aromatic heterocycles. The molecule has 1 nitrogen and oxygen atoms in total. The van der Waals surface area contributed by atoms with Gasteiger partial charge in [-0.2, -0.15) is 0 Å². The van der Waals surface area contributed by atoms with Crippen molar-refractivity contribution in [3.63, 3.8) is 0 Å². The van der Waals surface area contributed by atoms with E-state index < -0.39 is 0 Å². The van der Waals surface area contributed by atoms with Gasteiger partial charge >= 0.3 is 0 Å². The molecule has 1 aromatic rings. The van der Waals surface area contributed by atoms with Gasteiger partial charge in [0.15, 0.2) is 0 Å². The van der Waals surface area contributed by atoms with Crippen molar-refractivity contribution in [2.45, 2.75) is 25.2 Å². The second-order valence-electron chi connectivity index (χ2n) is 2.98. The van der Waals surface area contributed by atoms with Crippen LogP contribution in [0.1, 0.15) is 17.0 Å². The maximum atomic E-state index is 5.16. The van der Waals surface area contributed by atoms with E-state index in [-0.39, 0.29) is 0 Å². The number of thiocarbonyl (C=S) groups is 1. The summed E-state index contributed by atoms with van der Waals surface area (Å²) in [6.07, 6.45) is 0.925. The van der Waals surface area contributed by atoms with Crippen LogP contribution in [0.2, 0.25) is 0 Å². The number of thioether (sulfide) groups is 1. The number of pyridine rings is 1. The summed E-state index contributed by atoms with van der Waals surface area (Å²) in [6.45, 7) is 4.08. The summed E-state index contributed by atoms with van der Waals surface area (Å²) in [7, 11) is 0. The second kappa shape index (κ2) is 2.82. The SMILES string of the molecule is Cc1cc2c(c(C)n1)CC(=S)S2. The van der Waals surface area contributed by atoms with Crippen LogP contribution >= 0.6 is 24.0 Å². The molecule has 0 saturated heterocycles. The minimum Gasteiger partial charge on any atom is -0.258 e. The number of aromatic nitrogens is 1. The fourth-order valence-electron chi connectivity index (χ4n) is 1.43. The third-order valence-corrected chi connectivity index (χ3v) is 3.31. The minimum absolute atomic E-state index is 0.925. The van der Waals surface area contributed by atoms with Crippen molar-refractivity contribution in [3.8, 4) is 0 Å². The highest BCUT2D eigenvalue weighted by Gasteiger charge is 2.18. The Morgan fingerprint density at radius 3 is 3.00 bits per heavy atom. The van der Waals surface area contributed by atoms with E-state index in [0.717, 1.165) is 22.0 Å². The molecule has 0 bridgehead atoms. The lowest BCUT2D eigenvalue weighted by Gasteiger charge is -2.02. The molecule has 1 aliphatic rings. The third-order valence-electron chi connectivity index (χ3n) is 1.96. The number of aryl methyl sites for hydroxylation is 2. The van der Waals surface area contributed by atoms with Crippen molar-refractivity contribution in [3.05, 3.63) is 23.0 Å². The van der Waals surface area contributed by atoms with Crippen molar-refractivity contribution < 1.29 is 0 Å². The second-order valence-corrected chi connectivity index (χ2v) is 4.86. The largest absolute Gasteiger partial charge is 0.258 e. The maximum Gasteiger partial charge on any atom is 0.0572 e. The van der Waals surface area contributed by atoms with Gasteiger partial charge in [-0.15, -0.1) is 0 Å². The zero-order chi connectivity index (χ0) is 8.72. The van der Waals surface area contributed by atoms with Crippen molar-refractivity contribution >= 4 is 28.2 Å². The third kappa shape index (κ3) is 1.27. The van der Waals surface area contributed by atoms with Gasteiger partial charge in [0, 0.05) is 22.7 Å². The molecule has 0 aromatic carbocycles. The van der Waals surface area contributed by atoms with E-state index in [9.17, 15) is 0 Å². The van der Waals surface area contributed by atoms with Crippen LogP contribution in [0.25, 0.3) is 0 Å². The van der Waals surface area contributed by atoms with Crippen LogP contribution in [0.5, 0.6) is 0 Å². The Morgan fingerprint density at radius 2 is 2.25 bits per heavy atom. The molecule has 12 heavy (non-hydrogen) atoms. The van der Waals surface area contributed by atoms with Gasteiger partial charge in [-0.1, -0.05) is 24.0 Å². The highest BCUT2D eigenvalue weighted by atomic mass is 32.2. The number of hydrogen-bond acceptors (Lipinski definition) is 3. The zero-order valence-electron chi connectivity index (χ0n) is 7.05. The van der Waals surface area contributed by atoms with Crippen LogP contribution in [0, 0.1) is 13.8 Å². The summed E-state index contributed by atoms with van der Waals surface area (Å²) in [5.74, 6) is 0. The first-order chi connectivity index (χ1) is 5.66. The molecule has 3 heteroatoms. The van der Waals surface area contributed by atoms with Crippen LogP contribution in [0.3, 0.4) is 0 Å². The molecule has 0 unspecified atom stereocenters. The van der Waals surface area contributed by atoms with Crippen molar-refractivity contribution in [1.29, 1.82) is 0 Å². The van der Waals surface area contributed by atoms with Crippen LogP contribution in [-0.4, -0.2) is 9.18 Å². The van der Waals surface area contributed by atoms with Gasteiger partial charge in [-0.25, -0.2) is 0 Å². The summed E-state index contributed by atoms with van der Waals surface area (Å²) in [6, 6.07) is 2.12. The number of hydrogen-bond donors (Lipinski definition) is 0. The molecule has 0 amide bonds. The molecular formula is C9H9NS2. The fourth-order valence-corrected chi connectivity index (χ4v) is 2.88. The lowest BCUT2D eigenvalue weighted by atomic mass is 10.1. The molecule has 0 saturated carbocycles. The average molecular weight is 195 g/mol. The van der Waals surface area contributed by atoms with Gasteiger partial charge in [0.2, 0.25) is 0 Å². The molecule has 0 atom stereocenters. The van der Waals surface area contributed by atoms with Gasteiger partial charge in [-0.05, 0) is 25.5 Å². The van der Waals surface area contributed by atoms with E-state index in [1.54, 1.807) is 11.8 Å². The van der Waals surface area contributed by atoms with E-state index in [0.29, 0.717) is 0 Å². The summed E-state index contributed by atoms with van der Waals surface area (Å²) in [4.78, 5) is 5.72. The number of nitrogens with zero attached hydrogens (tertiary/aromatic N) is 1. The minimum atomic E-state index is 0.925. The summed E-state index contributed by atoms with van der Waals surface area (Å²) >= 11 is 6.87. The Hall–Kier alpha value is -0.410. The van der Waals surface area contributed by atoms with Gasteiger partial charge in [0.1, 0.15) is 0 Å². The number of rotatable bonds is 0. The summed E-state index contributed by atoms with van der Waals surface area (Å²) in [5.41, 5.74) is 3.55. The van der Waals surface area contributed by atoms with Gasteiger partial charge in [-0.3, -0.25) is 4.98 Å². The van der Waals surface area contributed by atoms with Crippen molar-refractivity contribution in [2.24, 2.45) is 0 Å². The molecule has 2 rings (SSSR count). The average Bonchev–Trinajstić information content (AvgIpc) is 2.29. The van der Waals surface area contributed by atoms with Gasteiger partial charge < -0.3 is 0 Å². The van der Waals surface area contributed by atoms with Crippen molar-refractivity contribution in [1.82, 2.24) is 4.98 Å². The lowest BCUT2D eigenvalue weighted by Crippen LogP contribution is -1.93. The van der Waals surface area contributed by atoms with Gasteiger partial charge in [0.25, 0.3) is 0 Å². The Labute approximate surface area is 81.6 Å². The maximum absolute atomic E-state index is 5.16. The first-order valence-corrected chi connectivity index (χ1v) is 5.07. The predicted octanol–water partition coefficient (Wildman–Crippen LogP) is 2.67. The Kier molecular flexibility index (Phi) is 1.93. The van der Waals surface area contributed by atoms with Crippen LogP contribution in [-0.2, 0) is 6.42 Å². The van der Waals surface area contributed by atoms with E-state index in [1.165, 1.54) is 10.5 Å². The zero-order valence-corrected chi connectivity index (χ0v) is 8.68. The topological polar surface area (TPSA) is 12.9 Å². The lowest BCUT2D eigenvalue weighted by molar-refractivity contribution is 1.03. The molecular weight excluding hydrogens is 186 g/mol. The molecule has 0 fully saturated rings. The van der Waals surface area contributed by atoms with E-state index in [4.69, 9.17) is 12.2 Å². The van der Waals surface area contributed by atoms with Crippen molar-refractivity contribution in [2.75, 3.05) is 0 Å². The molecule has 2 heterocycles. The Bertz CT molecular complexity index is 358. The molecule has 0 N–H and O–H groups in total. The Morgan fingerprint density at radius 1 is 1.50 bits per heavy atom. The first kappa shape index (κ1) is 8.20. The monoisotopic (exact) mass is 195 g/mol. The van der Waals surface area contributed by atoms with Crippen LogP contribution < -0.4 is 0 Å². The highest BCUT2D eigenvalue weighted by Crippen LogP contribution is 2.35. The smallest absolute Gasteiger partial charge is 0.0572 e. The predicted molar refractivity (Wildman–Crippen MR) is 55.9 cm³/mol. The first-order valence-electron chi connectivity index (χ1n) is 3.84. The number of fused-ring (bicyclic) bond motifs is 1. The van der Waals surface area contributed by atoms with E-state index in [1.807, 2.05) is 6.92 Å². The Balaban J connectivity index is 2.59. The summed E-state index contributed by atoms with van der Waals surface area (Å²) in [5, 5.41) is 0. The van der Waals surface area contributed by atoms with E-state index >= 15 is 0 Å². The van der Waals surface area contributed by atoms with Gasteiger partial charge in [0.05, 0.1) is 4.20 Å². The fraction of sp³-hybridized carbons (Fsp3) is 0.333. The van der Waals surface area contributed by atoms with E-state index in [2.05, 4.69) is 18.0 Å². The molecule has 62 valence electrons. The molecule has 1 aliphatic heterocycles. The summed E-state index contributed by atoms with van der Waals surface area (Å²) < 4.78 is 1.07. The molecule has 0 radical (unpaired) electrons. The standard InChI is InChI=1S/C9H9NS2/c1-5-3-8-7(6(2)10-5)4-9(11)12-8/h3H,4H2,1-2H3. The molecule has 0 spiro atoms. The van der Waals surface area contributed by atoms with Crippen LogP contribution in [0.4, 0.5) is 0 Å².